The maximum Gasteiger partial charge on any atom is 0.269 e. The Bertz CT molecular complexity index is 639. The van der Waals surface area contributed by atoms with E-state index in [4.69, 9.17) is 0 Å². The summed E-state index contributed by atoms with van der Waals surface area (Å²) in [6.07, 6.45) is 1.48. The lowest BCUT2D eigenvalue weighted by Crippen LogP contribution is -2.33. The van der Waals surface area contributed by atoms with E-state index in [9.17, 15) is 9.59 Å². The van der Waals surface area contributed by atoms with E-state index in [2.05, 4.69) is 20.8 Å². The van der Waals surface area contributed by atoms with Gasteiger partial charge >= 0.3 is 0 Å². The van der Waals surface area contributed by atoms with Crippen molar-refractivity contribution in [3.63, 3.8) is 0 Å². The topological polar surface area (TPSA) is 86.9 Å². The Morgan fingerprint density at radius 3 is 2.43 bits per heavy atom. The van der Waals surface area contributed by atoms with Crippen molar-refractivity contribution in [1.82, 2.24) is 15.5 Å². The fourth-order valence-electron chi connectivity index (χ4n) is 2.20. The molecule has 0 aliphatic heterocycles. The SMILES string of the molecule is Cc1cc(C)c(NC(=O)CNC(=O)c2ccn[nH]2)c(C)c1. The van der Waals surface area contributed by atoms with Crippen LogP contribution in [0.25, 0.3) is 0 Å². The highest BCUT2D eigenvalue weighted by atomic mass is 16.2. The molecule has 3 N–H and O–H groups in total. The van der Waals surface area contributed by atoms with Gasteiger partial charge in [-0.2, -0.15) is 5.10 Å². The van der Waals surface area contributed by atoms with Crippen molar-refractivity contribution in [2.24, 2.45) is 0 Å². The average molecular weight is 286 g/mol. The summed E-state index contributed by atoms with van der Waals surface area (Å²) in [6, 6.07) is 5.55. The Kier molecular flexibility index (Phi) is 4.37. The molecule has 1 heterocycles. The van der Waals surface area contributed by atoms with E-state index < -0.39 is 0 Å². The number of nitrogens with one attached hydrogen (secondary N) is 3. The van der Waals surface area contributed by atoms with Crippen LogP contribution in [0.5, 0.6) is 0 Å². The quantitative estimate of drug-likeness (QED) is 0.799. The van der Waals surface area contributed by atoms with Crippen LogP contribution in [-0.4, -0.2) is 28.6 Å². The minimum atomic E-state index is -0.361. The lowest BCUT2D eigenvalue weighted by molar-refractivity contribution is -0.115. The van der Waals surface area contributed by atoms with E-state index in [1.807, 2.05) is 32.9 Å². The van der Waals surface area contributed by atoms with Crippen molar-refractivity contribution in [3.05, 3.63) is 46.8 Å². The summed E-state index contributed by atoms with van der Waals surface area (Å²) >= 11 is 0. The van der Waals surface area contributed by atoms with E-state index in [0.717, 1.165) is 22.4 Å². The summed E-state index contributed by atoms with van der Waals surface area (Å²) < 4.78 is 0. The second-order valence-corrected chi connectivity index (χ2v) is 4.97. The van der Waals surface area contributed by atoms with Gasteiger partial charge < -0.3 is 10.6 Å². The van der Waals surface area contributed by atoms with E-state index in [0.29, 0.717) is 5.69 Å². The van der Waals surface area contributed by atoms with Crippen LogP contribution >= 0.6 is 0 Å². The number of carbonyl (C=O) groups excluding carboxylic acids is 2. The van der Waals surface area contributed by atoms with Gasteiger partial charge in [0.2, 0.25) is 5.91 Å². The molecule has 2 amide bonds. The first kappa shape index (κ1) is 14.8. The molecule has 0 saturated carbocycles. The number of hydrogen-bond acceptors (Lipinski definition) is 3. The molecule has 0 radical (unpaired) electrons. The van der Waals surface area contributed by atoms with Crippen molar-refractivity contribution in [2.75, 3.05) is 11.9 Å². The number of aromatic amines is 1. The Morgan fingerprint density at radius 1 is 1.19 bits per heavy atom. The normalized spacial score (nSPS) is 10.2. The molecule has 0 spiro atoms. The lowest BCUT2D eigenvalue weighted by atomic mass is 10.1. The molecule has 6 heteroatoms. The largest absolute Gasteiger partial charge is 0.342 e. The summed E-state index contributed by atoms with van der Waals surface area (Å²) in [7, 11) is 0. The van der Waals surface area contributed by atoms with Crippen LogP contribution < -0.4 is 10.6 Å². The Labute approximate surface area is 122 Å². The minimum Gasteiger partial charge on any atom is -0.342 e. The van der Waals surface area contributed by atoms with Gasteiger partial charge in [-0.25, -0.2) is 0 Å². The van der Waals surface area contributed by atoms with Crippen LogP contribution in [0, 0.1) is 20.8 Å². The fourth-order valence-corrected chi connectivity index (χ4v) is 2.20. The molecule has 1 aromatic carbocycles. The van der Waals surface area contributed by atoms with Gasteiger partial charge in [-0.3, -0.25) is 14.7 Å². The molecule has 0 fully saturated rings. The van der Waals surface area contributed by atoms with Gasteiger partial charge in [0, 0.05) is 11.9 Å². The summed E-state index contributed by atoms with van der Waals surface area (Å²) in [5, 5.41) is 11.6. The number of aromatic nitrogens is 2. The molecule has 0 unspecified atom stereocenters. The standard InChI is InChI=1S/C15H18N4O2/c1-9-6-10(2)14(11(3)7-9)18-13(20)8-16-15(21)12-4-5-17-19-12/h4-7H,8H2,1-3H3,(H,16,21)(H,17,19)(H,18,20). The molecular formula is C15H18N4O2. The third-order valence-electron chi connectivity index (χ3n) is 3.10. The third kappa shape index (κ3) is 3.68. The van der Waals surface area contributed by atoms with Gasteiger partial charge in [-0.05, 0) is 38.0 Å². The Morgan fingerprint density at radius 2 is 1.86 bits per heavy atom. The number of amides is 2. The first-order valence-corrected chi connectivity index (χ1v) is 6.62. The summed E-state index contributed by atoms with van der Waals surface area (Å²) in [4.78, 5) is 23.6. The molecule has 2 aromatic rings. The van der Waals surface area contributed by atoms with Crippen molar-refractivity contribution in [2.45, 2.75) is 20.8 Å². The number of nitrogens with zero attached hydrogens (tertiary/aromatic N) is 1. The van der Waals surface area contributed by atoms with Crippen molar-refractivity contribution in [3.8, 4) is 0 Å². The van der Waals surface area contributed by atoms with Crippen LogP contribution in [0.15, 0.2) is 24.4 Å². The van der Waals surface area contributed by atoms with Gasteiger partial charge in [-0.1, -0.05) is 17.7 Å². The second-order valence-electron chi connectivity index (χ2n) is 4.97. The van der Waals surface area contributed by atoms with Gasteiger partial charge in [0.25, 0.3) is 5.91 Å². The molecule has 2 rings (SSSR count). The zero-order valence-corrected chi connectivity index (χ0v) is 12.3. The number of H-pyrrole nitrogens is 1. The van der Waals surface area contributed by atoms with Crippen molar-refractivity contribution in [1.29, 1.82) is 0 Å². The number of rotatable bonds is 4. The van der Waals surface area contributed by atoms with Gasteiger partial charge in [-0.15, -0.1) is 0 Å². The van der Waals surface area contributed by atoms with Gasteiger partial charge in [0.15, 0.2) is 0 Å². The van der Waals surface area contributed by atoms with E-state index in [1.165, 1.54) is 6.20 Å². The van der Waals surface area contributed by atoms with Gasteiger partial charge in [0.1, 0.15) is 5.69 Å². The first-order chi connectivity index (χ1) is 9.97. The van der Waals surface area contributed by atoms with E-state index >= 15 is 0 Å². The molecule has 21 heavy (non-hydrogen) atoms. The molecule has 0 aliphatic carbocycles. The molecule has 0 saturated heterocycles. The smallest absolute Gasteiger partial charge is 0.269 e. The highest BCUT2D eigenvalue weighted by Gasteiger charge is 2.11. The summed E-state index contributed by atoms with van der Waals surface area (Å²) in [6.45, 7) is 5.80. The maximum absolute atomic E-state index is 11.9. The fraction of sp³-hybridized carbons (Fsp3) is 0.267. The highest BCUT2D eigenvalue weighted by Crippen LogP contribution is 2.21. The third-order valence-corrected chi connectivity index (χ3v) is 3.10. The lowest BCUT2D eigenvalue weighted by Gasteiger charge is -2.13. The Balaban J connectivity index is 1.95. The van der Waals surface area contributed by atoms with Crippen LogP contribution in [0.1, 0.15) is 27.2 Å². The number of aryl methyl sites for hydroxylation is 3. The zero-order valence-electron chi connectivity index (χ0n) is 12.3. The predicted molar refractivity (Wildman–Crippen MR) is 80.2 cm³/mol. The highest BCUT2D eigenvalue weighted by molar-refractivity contribution is 5.98. The average Bonchev–Trinajstić information content (AvgIpc) is 2.94. The molecule has 1 aromatic heterocycles. The molecule has 0 bridgehead atoms. The number of anilines is 1. The van der Waals surface area contributed by atoms with Crippen molar-refractivity contribution >= 4 is 17.5 Å². The summed E-state index contributed by atoms with van der Waals surface area (Å²) in [5.74, 6) is -0.627. The predicted octanol–water partition coefficient (Wildman–Crippen LogP) is 1.70. The van der Waals surface area contributed by atoms with Crippen LogP contribution in [0.3, 0.4) is 0 Å². The number of carbonyl (C=O) groups is 2. The number of hydrogen-bond donors (Lipinski definition) is 3. The van der Waals surface area contributed by atoms with E-state index in [1.54, 1.807) is 6.07 Å². The van der Waals surface area contributed by atoms with Gasteiger partial charge in [0.05, 0.1) is 6.54 Å². The van der Waals surface area contributed by atoms with Crippen molar-refractivity contribution < 1.29 is 9.59 Å². The van der Waals surface area contributed by atoms with Crippen LogP contribution in [0.4, 0.5) is 5.69 Å². The van der Waals surface area contributed by atoms with Crippen LogP contribution in [0.2, 0.25) is 0 Å². The van der Waals surface area contributed by atoms with E-state index in [-0.39, 0.29) is 18.4 Å². The molecule has 6 nitrogen and oxygen atoms in total. The summed E-state index contributed by atoms with van der Waals surface area (Å²) in [5.41, 5.74) is 4.27. The second kappa shape index (κ2) is 6.21. The van der Waals surface area contributed by atoms with Crippen LogP contribution in [-0.2, 0) is 4.79 Å². The molecule has 0 atom stereocenters. The molecule has 0 aliphatic rings. The Hall–Kier alpha value is -2.63. The molecular weight excluding hydrogens is 268 g/mol. The monoisotopic (exact) mass is 286 g/mol. The minimum absolute atomic E-state index is 0.0926. The molecule has 110 valence electrons. The maximum atomic E-state index is 11.9. The first-order valence-electron chi connectivity index (χ1n) is 6.62. The zero-order chi connectivity index (χ0) is 15.4. The number of benzene rings is 1.